The highest BCUT2D eigenvalue weighted by Crippen LogP contribution is 2.62. The lowest BCUT2D eigenvalue weighted by Crippen LogP contribution is -2.45. The summed E-state index contributed by atoms with van der Waals surface area (Å²) in [5.74, 6) is 1.65. The highest BCUT2D eigenvalue weighted by molar-refractivity contribution is 5.44. The third kappa shape index (κ3) is 1.82. The van der Waals surface area contributed by atoms with Crippen molar-refractivity contribution in [3.63, 3.8) is 0 Å². The van der Waals surface area contributed by atoms with E-state index in [4.69, 9.17) is 5.26 Å². The Morgan fingerprint density at radius 1 is 1.42 bits per heavy atom. The minimum absolute atomic E-state index is 0.303. The van der Waals surface area contributed by atoms with E-state index in [0.717, 1.165) is 11.7 Å². The molecule has 3 unspecified atom stereocenters. The first-order valence-corrected chi connectivity index (χ1v) is 7.08. The van der Waals surface area contributed by atoms with Gasteiger partial charge in [-0.1, -0.05) is 20.8 Å². The zero-order valence-corrected chi connectivity index (χ0v) is 11.9. The van der Waals surface area contributed by atoms with Crippen LogP contribution in [0.2, 0.25) is 0 Å². The molecule has 2 bridgehead atoms. The first-order valence-electron chi connectivity index (χ1n) is 7.08. The molecule has 1 N–H and O–H groups in total. The van der Waals surface area contributed by atoms with Crippen molar-refractivity contribution in [3.05, 3.63) is 23.9 Å². The van der Waals surface area contributed by atoms with E-state index >= 15 is 0 Å². The molecule has 0 aliphatic heterocycles. The third-order valence-electron chi connectivity index (χ3n) is 5.45. The molecule has 19 heavy (non-hydrogen) atoms. The second-order valence-corrected chi connectivity index (χ2v) is 7.03. The van der Waals surface area contributed by atoms with E-state index in [1.54, 1.807) is 12.3 Å². The molecule has 3 atom stereocenters. The van der Waals surface area contributed by atoms with Crippen molar-refractivity contribution in [2.45, 2.75) is 46.1 Å². The highest BCUT2D eigenvalue weighted by Gasteiger charge is 2.59. The van der Waals surface area contributed by atoms with Crippen LogP contribution in [-0.2, 0) is 0 Å². The monoisotopic (exact) mass is 255 g/mol. The van der Waals surface area contributed by atoms with Gasteiger partial charge in [0.1, 0.15) is 5.82 Å². The molecule has 1 heterocycles. The Balaban J connectivity index is 1.88. The molecule has 3 heteroatoms. The van der Waals surface area contributed by atoms with E-state index in [1.165, 1.54) is 19.3 Å². The largest absolute Gasteiger partial charge is 0.366 e. The topological polar surface area (TPSA) is 48.7 Å². The van der Waals surface area contributed by atoms with Gasteiger partial charge in [-0.05, 0) is 48.1 Å². The maximum atomic E-state index is 8.98. The summed E-state index contributed by atoms with van der Waals surface area (Å²) >= 11 is 0. The molecular weight excluding hydrogens is 234 g/mol. The Labute approximate surface area is 115 Å². The minimum Gasteiger partial charge on any atom is -0.366 e. The molecule has 2 aliphatic rings. The number of nitriles is 1. The van der Waals surface area contributed by atoms with Gasteiger partial charge in [-0.2, -0.15) is 5.26 Å². The predicted molar refractivity (Wildman–Crippen MR) is 75.6 cm³/mol. The lowest BCUT2D eigenvalue weighted by Gasteiger charge is -2.43. The van der Waals surface area contributed by atoms with E-state index in [2.05, 4.69) is 37.1 Å². The van der Waals surface area contributed by atoms with Crippen LogP contribution in [0.3, 0.4) is 0 Å². The highest BCUT2D eigenvalue weighted by atomic mass is 15.1. The summed E-state index contributed by atoms with van der Waals surface area (Å²) < 4.78 is 0. The molecule has 100 valence electrons. The summed E-state index contributed by atoms with van der Waals surface area (Å²) in [6, 6.07) is 6.22. The van der Waals surface area contributed by atoms with Crippen LogP contribution in [0.4, 0.5) is 5.82 Å². The minimum atomic E-state index is 0.303. The Bertz CT molecular complexity index is 538. The number of rotatable bonds is 2. The van der Waals surface area contributed by atoms with Crippen LogP contribution in [0.25, 0.3) is 0 Å². The summed E-state index contributed by atoms with van der Waals surface area (Å²) in [6.07, 6.45) is 5.68. The van der Waals surface area contributed by atoms with Crippen LogP contribution in [-0.4, -0.2) is 11.0 Å². The number of nitrogens with one attached hydrogen (secondary N) is 1. The molecule has 2 fully saturated rings. The van der Waals surface area contributed by atoms with Crippen molar-refractivity contribution >= 4 is 5.82 Å². The van der Waals surface area contributed by atoms with Gasteiger partial charge in [0.25, 0.3) is 0 Å². The van der Waals surface area contributed by atoms with Crippen LogP contribution < -0.4 is 5.32 Å². The summed E-state index contributed by atoms with van der Waals surface area (Å²) in [6.45, 7) is 7.13. The Kier molecular flexibility index (Phi) is 2.60. The number of pyridine rings is 1. The molecule has 0 radical (unpaired) electrons. The van der Waals surface area contributed by atoms with Gasteiger partial charge in [-0.15, -0.1) is 0 Å². The smallest absolute Gasteiger partial charge is 0.127 e. The second kappa shape index (κ2) is 3.96. The molecule has 0 aromatic carbocycles. The summed E-state index contributed by atoms with van der Waals surface area (Å²) in [4.78, 5) is 4.37. The van der Waals surface area contributed by atoms with Gasteiger partial charge in [0.05, 0.1) is 11.6 Å². The van der Waals surface area contributed by atoms with Crippen molar-refractivity contribution in [2.24, 2.45) is 16.7 Å². The van der Waals surface area contributed by atoms with Gasteiger partial charge in [0.2, 0.25) is 0 Å². The van der Waals surface area contributed by atoms with Gasteiger partial charge in [-0.3, -0.25) is 0 Å². The molecule has 3 nitrogen and oxygen atoms in total. The van der Waals surface area contributed by atoms with Crippen molar-refractivity contribution < 1.29 is 0 Å². The molecule has 0 spiro atoms. The zero-order valence-electron chi connectivity index (χ0n) is 11.9. The second-order valence-electron chi connectivity index (χ2n) is 7.03. The lowest BCUT2D eigenvalue weighted by atomic mass is 9.68. The van der Waals surface area contributed by atoms with Crippen molar-refractivity contribution in [1.29, 1.82) is 5.26 Å². The summed E-state index contributed by atoms with van der Waals surface area (Å²) in [5.41, 5.74) is 1.35. The Hall–Kier alpha value is -1.56. The molecule has 0 amide bonds. The summed E-state index contributed by atoms with van der Waals surface area (Å²) in [7, 11) is 0. The number of nitrogens with zero attached hydrogens (tertiary/aromatic N) is 2. The average molecular weight is 255 g/mol. The molecule has 3 rings (SSSR count). The van der Waals surface area contributed by atoms with Gasteiger partial charge in [-0.25, -0.2) is 4.98 Å². The van der Waals surface area contributed by atoms with E-state index < -0.39 is 0 Å². The summed E-state index contributed by atoms with van der Waals surface area (Å²) in [5, 5.41) is 12.6. The lowest BCUT2D eigenvalue weighted by molar-refractivity contribution is 0.155. The van der Waals surface area contributed by atoms with Crippen molar-refractivity contribution in [3.8, 4) is 6.07 Å². The Morgan fingerprint density at radius 2 is 2.21 bits per heavy atom. The first kappa shape index (κ1) is 12.5. The maximum Gasteiger partial charge on any atom is 0.127 e. The third-order valence-corrected chi connectivity index (χ3v) is 5.45. The molecule has 2 aliphatic carbocycles. The van der Waals surface area contributed by atoms with Gasteiger partial charge in [0, 0.05) is 12.2 Å². The fourth-order valence-corrected chi connectivity index (χ4v) is 4.39. The number of anilines is 1. The van der Waals surface area contributed by atoms with Crippen molar-refractivity contribution in [2.75, 3.05) is 5.32 Å². The molecule has 1 aromatic heterocycles. The van der Waals surface area contributed by atoms with E-state index in [-0.39, 0.29) is 0 Å². The molecule has 2 saturated carbocycles. The van der Waals surface area contributed by atoms with Crippen LogP contribution >= 0.6 is 0 Å². The van der Waals surface area contributed by atoms with Crippen molar-refractivity contribution in [1.82, 2.24) is 4.98 Å². The van der Waals surface area contributed by atoms with Crippen LogP contribution in [0.15, 0.2) is 18.3 Å². The molecule has 1 aromatic rings. The standard InChI is InChI=1S/C16H21N3/c1-15(2)12-4-6-16(3,9-12)14(15)19-13-8-11(10-17)5-7-18-13/h5,7-8,12,14H,4,6,9H2,1-3H3,(H,18,19). The average Bonchev–Trinajstić information content (AvgIpc) is 2.86. The van der Waals surface area contributed by atoms with Gasteiger partial charge in [0.15, 0.2) is 0 Å². The quantitative estimate of drug-likeness (QED) is 0.878. The van der Waals surface area contributed by atoms with E-state index in [9.17, 15) is 0 Å². The Morgan fingerprint density at radius 3 is 2.84 bits per heavy atom. The van der Waals surface area contributed by atoms with Crippen LogP contribution in [0.1, 0.15) is 45.6 Å². The maximum absolute atomic E-state index is 8.98. The molecule has 0 saturated heterocycles. The van der Waals surface area contributed by atoms with Crippen LogP contribution in [0, 0.1) is 28.1 Å². The number of hydrogen-bond acceptors (Lipinski definition) is 3. The van der Waals surface area contributed by atoms with E-state index in [1.807, 2.05) is 6.07 Å². The van der Waals surface area contributed by atoms with E-state index in [0.29, 0.717) is 22.4 Å². The molecular formula is C16H21N3. The SMILES string of the molecule is CC12CCC(C1)C(C)(C)C2Nc1cc(C#N)ccn1. The zero-order chi connectivity index (χ0) is 13.7. The fraction of sp³-hybridized carbons (Fsp3) is 0.625. The number of aromatic nitrogens is 1. The first-order chi connectivity index (χ1) is 8.95. The fourth-order valence-electron chi connectivity index (χ4n) is 4.39. The van der Waals surface area contributed by atoms with Crippen LogP contribution in [0.5, 0.6) is 0 Å². The normalized spacial score (nSPS) is 35.1. The van der Waals surface area contributed by atoms with Gasteiger partial charge < -0.3 is 5.32 Å². The van der Waals surface area contributed by atoms with Gasteiger partial charge >= 0.3 is 0 Å². The number of fused-ring (bicyclic) bond motifs is 2. The number of hydrogen-bond donors (Lipinski definition) is 1. The predicted octanol–water partition coefficient (Wildman–Crippen LogP) is 3.58.